The number of nitrogens with zero attached hydrogens (tertiary/aromatic N) is 1. The summed E-state index contributed by atoms with van der Waals surface area (Å²) in [6, 6.07) is 0. The second-order valence-corrected chi connectivity index (χ2v) is 6.10. The van der Waals surface area contributed by atoms with Crippen molar-refractivity contribution in [3.8, 4) is 0 Å². The predicted octanol–water partition coefficient (Wildman–Crippen LogP) is 2.48. The molecule has 0 radical (unpaired) electrons. The lowest BCUT2D eigenvalue weighted by Gasteiger charge is -2.09. The van der Waals surface area contributed by atoms with E-state index >= 15 is 0 Å². The SMILES string of the molecule is C/C=C/C(=O)OCc1nc2sc3c(c2c(=O)[nH]1)CCCC3. The fourth-order valence-electron chi connectivity index (χ4n) is 2.60. The highest BCUT2D eigenvalue weighted by molar-refractivity contribution is 7.18. The van der Waals surface area contributed by atoms with Gasteiger partial charge < -0.3 is 9.72 Å². The van der Waals surface area contributed by atoms with Gasteiger partial charge in [-0.3, -0.25) is 4.79 Å². The number of fused-ring (bicyclic) bond motifs is 3. The first kappa shape index (κ1) is 14.0. The second-order valence-electron chi connectivity index (χ2n) is 5.01. The first-order valence-electron chi connectivity index (χ1n) is 7.02. The summed E-state index contributed by atoms with van der Waals surface area (Å²) >= 11 is 1.59. The van der Waals surface area contributed by atoms with Crippen LogP contribution in [-0.2, 0) is 29.0 Å². The van der Waals surface area contributed by atoms with E-state index < -0.39 is 5.97 Å². The van der Waals surface area contributed by atoms with Gasteiger partial charge in [0.1, 0.15) is 17.3 Å². The summed E-state index contributed by atoms with van der Waals surface area (Å²) in [6.07, 6.45) is 7.22. The maximum Gasteiger partial charge on any atom is 0.330 e. The first-order chi connectivity index (χ1) is 10.2. The van der Waals surface area contributed by atoms with Crippen LogP contribution in [0.25, 0.3) is 10.2 Å². The van der Waals surface area contributed by atoms with Crippen LogP contribution in [0.1, 0.15) is 36.0 Å². The number of rotatable bonds is 3. The van der Waals surface area contributed by atoms with Gasteiger partial charge in [0.2, 0.25) is 0 Å². The van der Waals surface area contributed by atoms with Gasteiger partial charge in [-0.05, 0) is 38.2 Å². The zero-order valence-electron chi connectivity index (χ0n) is 11.8. The molecule has 6 heteroatoms. The Morgan fingerprint density at radius 2 is 2.24 bits per heavy atom. The molecule has 3 rings (SSSR count). The molecule has 0 amide bonds. The summed E-state index contributed by atoms with van der Waals surface area (Å²) in [4.78, 5) is 32.7. The minimum atomic E-state index is -0.439. The molecule has 110 valence electrons. The van der Waals surface area contributed by atoms with Crippen LogP contribution in [0.4, 0.5) is 0 Å². The van der Waals surface area contributed by atoms with Crippen LogP contribution in [0.5, 0.6) is 0 Å². The molecule has 0 atom stereocenters. The first-order valence-corrected chi connectivity index (χ1v) is 7.83. The Balaban J connectivity index is 1.92. The van der Waals surface area contributed by atoms with Crippen LogP contribution in [0.3, 0.4) is 0 Å². The van der Waals surface area contributed by atoms with Gasteiger partial charge in [0.25, 0.3) is 5.56 Å². The monoisotopic (exact) mass is 304 g/mol. The molecule has 2 aromatic heterocycles. The van der Waals surface area contributed by atoms with Gasteiger partial charge in [-0.2, -0.15) is 0 Å². The van der Waals surface area contributed by atoms with Crippen molar-refractivity contribution in [2.75, 3.05) is 0 Å². The molecule has 1 aliphatic rings. The van der Waals surface area contributed by atoms with Crippen molar-refractivity contribution in [3.63, 3.8) is 0 Å². The van der Waals surface area contributed by atoms with Crippen molar-refractivity contribution >= 4 is 27.5 Å². The lowest BCUT2D eigenvalue weighted by atomic mass is 9.97. The summed E-state index contributed by atoms with van der Waals surface area (Å²) in [6.45, 7) is 1.72. The molecule has 5 nitrogen and oxygen atoms in total. The molecule has 1 N–H and O–H groups in total. The van der Waals surface area contributed by atoms with Crippen LogP contribution in [0.2, 0.25) is 0 Å². The summed E-state index contributed by atoms with van der Waals surface area (Å²) in [5.74, 6) is -0.0466. The highest BCUT2D eigenvalue weighted by Gasteiger charge is 2.19. The van der Waals surface area contributed by atoms with Gasteiger partial charge in [0.15, 0.2) is 0 Å². The fourth-order valence-corrected chi connectivity index (χ4v) is 3.88. The van der Waals surface area contributed by atoms with Gasteiger partial charge in [-0.25, -0.2) is 9.78 Å². The number of esters is 1. The topological polar surface area (TPSA) is 72.0 Å². The standard InChI is InChI=1S/C15H16N2O3S/c1-2-5-12(18)20-8-11-16-14(19)13-9-6-3-4-7-10(9)21-15(13)17-11/h2,5H,3-4,6-8H2,1H3,(H,16,17,19)/b5-2+. The van der Waals surface area contributed by atoms with E-state index in [0.29, 0.717) is 5.82 Å². The summed E-state index contributed by atoms with van der Waals surface area (Å²) in [5.41, 5.74) is 1.03. The molecule has 0 saturated heterocycles. The summed E-state index contributed by atoms with van der Waals surface area (Å²) < 4.78 is 5.02. The maximum absolute atomic E-state index is 12.3. The summed E-state index contributed by atoms with van der Waals surface area (Å²) in [5, 5.41) is 0.721. The second kappa shape index (κ2) is 5.81. The molecule has 0 spiro atoms. The van der Waals surface area contributed by atoms with Gasteiger partial charge in [0.05, 0.1) is 5.39 Å². The average Bonchev–Trinajstić information content (AvgIpc) is 2.84. The number of H-pyrrole nitrogens is 1. The van der Waals surface area contributed by atoms with Gasteiger partial charge in [0, 0.05) is 11.0 Å². The van der Waals surface area contributed by atoms with Crippen molar-refractivity contribution in [3.05, 3.63) is 38.8 Å². The number of aromatic nitrogens is 2. The average molecular weight is 304 g/mol. The molecular weight excluding hydrogens is 288 g/mol. The molecule has 0 saturated carbocycles. The molecule has 0 aromatic carbocycles. The number of thiophene rings is 1. The molecule has 0 bridgehead atoms. The number of nitrogens with one attached hydrogen (secondary N) is 1. The van der Waals surface area contributed by atoms with E-state index in [0.717, 1.165) is 35.0 Å². The van der Waals surface area contributed by atoms with E-state index in [4.69, 9.17) is 4.74 Å². The molecule has 0 aliphatic heterocycles. The van der Waals surface area contributed by atoms with E-state index in [-0.39, 0.29) is 12.2 Å². The van der Waals surface area contributed by atoms with Crippen LogP contribution in [-0.4, -0.2) is 15.9 Å². The number of carbonyl (C=O) groups is 1. The lowest BCUT2D eigenvalue weighted by Crippen LogP contribution is -2.14. The molecule has 21 heavy (non-hydrogen) atoms. The third-order valence-electron chi connectivity index (χ3n) is 3.53. The van der Waals surface area contributed by atoms with E-state index in [2.05, 4.69) is 9.97 Å². The lowest BCUT2D eigenvalue weighted by molar-refractivity contribution is -0.139. The van der Waals surface area contributed by atoms with E-state index in [9.17, 15) is 9.59 Å². The Bertz CT molecular complexity index is 773. The predicted molar refractivity (Wildman–Crippen MR) is 81.5 cm³/mol. The zero-order valence-corrected chi connectivity index (χ0v) is 12.6. The van der Waals surface area contributed by atoms with Gasteiger partial charge in [-0.15, -0.1) is 11.3 Å². The summed E-state index contributed by atoms with van der Waals surface area (Å²) in [7, 11) is 0. The fraction of sp³-hybridized carbons (Fsp3) is 0.400. The van der Waals surface area contributed by atoms with Crippen LogP contribution in [0, 0.1) is 0 Å². The minimum Gasteiger partial charge on any atom is -0.454 e. The molecule has 1 aliphatic carbocycles. The third kappa shape index (κ3) is 2.76. The molecule has 0 unspecified atom stereocenters. The zero-order chi connectivity index (χ0) is 14.8. The van der Waals surface area contributed by atoms with Crippen LogP contribution in [0.15, 0.2) is 16.9 Å². The Morgan fingerprint density at radius 3 is 3.05 bits per heavy atom. The van der Waals surface area contributed by atoms with Crippen molar-refractivity contribution in [2.45, 2.75) is 39.2 Å². The molecule has 0 fully saturated rings. The van der Waals surface area contributed by atoms with Crippen molar-refractivity contribution in [2.24, 2.45) is 0 Å². The highest BCUT2D eigenvalue weighted by atomic mass is 32.1. The van der Waals surface area contributed by atoms with Crippen molar-refractivity contribution in [1.82, 2.24) is 9.97 Å². The number of ether oxygens (including phenoxy) is 1. The van der Waals surface area contributed by atoms with E-state index in [1.165, 1.54) is 17.4 Å². The Kier molecular flexibility index (Phi) is 3.88. The normalized spacial score (nSPS) is 14.5. The number of allylic oxidation sites excluding steroid dienone is 1. The van der Waals surface area contributed by atoms with Gasteiger partial charge in [-0.1, -0.05) is 6.08 Å². The Hall–Kier alpha value is -1.95. The smallest absolute Gasteiger partial charge is 0.330 e. The highest BCUT2D eigenvalue weighted by Crippen LogP contribution is 2.33. The number of hydrogen-bond acceptors (Lipinski definition) is 5. The van der Waals surface area contributed by atoms with Crippen LogP contribution >= 0.6 is 11.3 Å². The van der Waals surface area contributed by atoms with Crippen molar-refractivity contribution < 1.29 is 9.53 Å². The maximum atomic E-state index is 12.3. The largest absolute Gasteiger partial charge is 0.454 e. The third-order valence-corrected chi connectivity index (χ3v) is 4.71. The molecule has 2 aromatic rings. The Morgan fingerprint density at radius 1 is 1.43 bits per heavy atom. The Labute approximate surface area is 125 Å². The minimum absolute atomic E-state index is 0.0169. The quantitative estimate of drug-likeness (QED) is 0.698. The van der Waals surface area contributed by atoms with Crippen LogP contribution < -0.4 is 5.56 Å². The molecule has 2 heterocycles. The number of aryl methyl sites for hydroxylation is 2. The van der Waals surface area contributed by atoms with Crippen molar-refractivity contribution in [1.29, 1.82) is 0 Å². The van der Waals surface area contributed by atoms with E-state index in [1.54, 1.807) is 24.3 Å². The number of hydrogen-bond donors (Lipinski definition) is 1. The van der Waals surface area contributed by atoms with Gasteiger partial charge >= 0.3 is 5.97 Å². The molecular formula is C15H16N2O3S. The van der Waals surface area contributed by atoms with E-state index in [1.807, 2.05) is 0 Å². The number of carbonyl (C=O) groups excluding carboxylic acids is 1. The number of aromatic amines is 1.